The molecule has 1 rings (SSSR count). The number of esters is 1. The average Bonchev–Trinajstić information content (AvgIpc) is 2.64. The van der Waals surface area contributed by atoms with Crippen molar-refractivity contribution in [1.82, 2.24) is 4.90 Å². The molecule has 0 saturated heterocycles. The molecule has 1 aromatic carbocycles. The maximum Gasteiger partial charge on any atom is 0.420 e. The minimum Gasteiger partial charge on any atom is -0.467 e. The Balaban J connectivity index is 3.04. The number of methoxy groups -OCH3 is 1. The van der Waals surface area contributed by atoms with Crippen LogP contribution in [0.4, 0.5) is 9.59 Å². The predicted octanol–water partition coefficient (Wildman–Crippen LogP) is 3.23. The Morgan fingerprint density at radius 1 is 1.07 bits per heavy atom. The Kier molecular flexibility index (Phi) is 9.44. The highest BCUT2D eigenvalue weighted by Crippen LogP contribution is 2.18. The number of hydrogen-bond acceptors (Lipinski definition) is 7. The minimum absolute atomic E-state index is 0.0460. The number of nitrogens with zero attached hydrogens (tertiary/aromatic N) is 1. The Morgan fingerprint density at radius 3 is 2.25 bits per heavy atom. The van der Waals surface area contributed by atoms with E-state index in [0.717, 1.165) is 5.56 Å². The molecule has 28 heavy (non-hydrogen) atoms. The van der Waals surface area contributed by atoms with Crippen molar-refractivity contribution < 1.29 is 28.6 Å². The topological polar surface area (TPSA) is 108 Å². The zero-order valence-corrected chi connectivity index (χ0v) is 17.0. The molecule has 0 spiro atoms. The molecule has 1 atom stereocenters. The molecule has 156 valence electrons. The lowest BCUT2D eigenvalue weighted by Gasteiger charge is -2.30. The zero-order valence-electron chi connectivity index (χ0n) is 17.0. The number of benzene rings is 1. The van der Waals surface area contributed by atoms with Gasteiger partial charge in [-0.25, -0.2) is 14.4 Å². The molecular weight excluding hydrogens is 364 g/mol. The third-order valence-electron chi connectivity index (χ3n) is 3.71. The van der Waals surface area contributed by atoms with Crippen molar-refractivity contribution in [2.45, 2.75) is 58.3 Å². The lowest BCUT2D eigenvalue weighted by Crippen LogP contribution is -2.51. The fourth-order valence-corrected chi connectivity index (χ4v) is 2.40. The molecule has 0 radical (unpaired) electrons. The van der Waals surface area contributed by atoms with Gasteiger partial charge < -0.3 is 19.9 Å². The van der Waals surface area contributed by atoms with E-state index in [1.807, 2.05) is 6.07 Å². The van der Waals surface area contributed by atoms with Gasteiger partial charge in [0.25, 0.3) is 0 Å². The second-order valence-corrected chi connectivity index (χ2v) is 7.21. The molecule has 0 saturated carbocycles. The van der Waals surface area contributed by atoms with Gasteiger partial charge in [-0.3, -0.25) is 0 Å². The van der Waals surface area contributed by atoms with Crippen LogP contribution in [-0.4, -0.2) is 48.4 Å². The SMILES string of the molecule is COC(=O)[C@H](CCCCN)N(C(=O)OCc1ccccc1)C(=O)OC(C)(C)C. The van der Waals surface area contributed by atoms with Gasteiger partial charge in [0.05, 0.1) is 7.11 Å². The highest BCUT2D eigenvalue weighted by atomic mass is 16.6. The van der Waals surface area contributed by atoms with E-state index < -0.39 is 29.8 Å². The van der Waals surface area contributed by atoms with Crippen LogP contribution in [0.25, 0.3) is 0 Å². The first-order valence-electron chi connectivity index (χ1n) is 9.20. The van der Waals surface area contributed by atoms with Crippen molar-refractivity contribution >= 4 is 18.2 Å². The number of ether oxygens (including phenoxy) is 3. The maximum absolute atomic E-state index is 12.7. The summed E-state index contributed by atoms with van der Waals surface area (Å²) in [5, 5.41) is 0. The normalized spacial score (nSPS) is 12.0. The molecule has 0 aliphatic heterocycles. The van der Waals surface area contributed by atoms with Gasteiger partial charge in [-0.15, -0.1) is 0 Å². The van der Waals surface area contributed by atoms with Crippen LogP contribution in [0.1, 0.15) is 45.6 Å². The first-order chi connectivity index (χ1) is 13.2. The summed E-state index contributed by atoms with van der Waals surface area (Å²) >= 11 is 0. The van der Waals surface area contributed by atoms with Crippen LogP contribution >= 0.6 is 0 Å². The number of amides is 2. The minimum atomic E-state index is -1.16. The van der Waals surface area contributed by atoms with Crippen LogP contribution in [0.5, 0.6) is 0 Å². The van der Waals surface area contributed by atoms with E-state index in [2.05, 4.69) is 0 Å². The number of hydrogen-bond donors (Lipinski definition) is 1. The summed E-state index contributed by atoms with van der Waals surface area (Å²) in [5.41, 5.74) is 5.40. The van der Waals surface area contributed by atoms with Crippen molar-refractivity contribution in [2.75, 3.05) is 13.7 Å². The first-order valence-corrected chi connectivity index (χ1v) is 9.20. The lowest BCUT2D eigenvalue weighted by molar-refractivity contribution is -0.146. The fourth-order valence-electron chi connectivity index (χ4n) is 2.40. The van der Waals surface area contributed by atoms with Crippen LogP contribution in [-0.2, 0) is 25.6 Å². The van der Waals surface area contributed by atoms with Gasteiger partial charge in [0, 0.05) is 0 Å². The molecule has 8 nitrogen and oxygen atoms in total. The van der Waals surface area contributed by atoms with Crippen molar-refractivity contribution in [3.8, 4) is 0 Å². The van der Waals surface area contributed by atoms with E-state index in [9.17, 15) is 14.4 Å². The number of nitrogens with two attached hydrogens (primary N) is 1. The molecule has 8 heteroatoms. The highest BCUT2D eigenvalue weighted by Gasteiger charge is 2.39. The van der Waals surface area contributed by atoms with E-state index in [1.165, 1.54) is 7.11 Å². The zero-order chi connectivity index (χ0) is 21.2. The Labute approximate surface area is 165 Å². The van der Waals surface area contributed by atoms with Gasteiger partial charge in [-0.1, -0.05) is 30.3 Å². The summed E-state index contributed by atoms with van der Waals surface area (Å²) < 4.78 is 15.4. The molecule has 2 N–H and O–H groups in total. The molecule has 2 amide bonds. The Bertz CT molecular complexity index is 642. The lowest BCUT2D eigenvalue weighted by atomic mass is 10.1. The van der Waals surface area contributed by atoms with Gasteiger partial charge in [0.2, 0.25) is 0 Å². The molecule has 0 heterocycles. The third-order valence-corrected chi connectivity index (χ3v) is 3.71. The quantitative estimate of drug-likeness (QED) is 0.410. The van der Waals surface area contributed by atoms with Gasteiger partial charge >= 0.3 is 18.2 Å². The van der Waals surface area contributed by atoms with E-state index in [0.29, 0.717) is 24.3 Å². The molecule has 1 aromatic rings. The molecule has 0 aliphatic rings. The van der Waals surface area contributed by atoms with E-state index >= 15 is 0 Å². The standard InChI is InChI=1S/C20H30N2O6/c1-20(2,3)28-19(25)22(16(17(23)26-4)12-8-9-13-21)18(24)27-14-15-10-6-5-7-11-15/h5-7,10-11,16H,8-9,12-14,21H2,1-4H3/t16-/m0/s1. The number of carbonyl (C=O) groups excluding carboxylic acids is 3. The highest BCUT2D eigenvalue weighted by molar-refractivity contribution is 5.94. The second kappa shape index (κ2) is 11.3. The maximum atomic E-state index is 12.7. The van der Waals surface area contributed by atoms with E-state index in [-0.39, 0.29) is 13.0 Å². The van der Waals surface area contributed by atoms with Gasteiger partial charge in [0.1, 0.15) is 18.2 Å². The van der Waals surface area contributed by atoms with Crippen LogP contribution in [0, 0.1) is 0 Å². The van der Waals surface area contributed by atoms with Crippen molar-refractivity contribution in [1.29, 1.82) is 0 Å². The summed E-state index contributed by atoms with van der Waals surface area (Å²) in [6.45, 7) is 5.38. The van der Waals surface area contributed by atoms with Crippen LogP contribution < -0.4 is 5.73 Å². The molecule has 0 aliphatic carbocycles. The van der Waals surface area contributed by atoms with E-state index in [1.54, 1.807) is 45.0 Å². The summed E-state index contributed by atoms with van der Waals surface area (Å²) in [7, 11) is 1.20. The first kappa shape index (κ1) is 23.4. The van der Waals surface area contributed by atoms with Crippen molar-refractivity contribution in [3.63, 3.8) is 0 Å². The number of carbonyl (C=O) groups is 3. The molecule has 0 bridgehead atoms. The fraction of sp³-hybridized carbons (Fsp3) is 0.550. The number of rotatable bonds is 8. The van der Waals surface area contributed by atoms with Gasteiger partial charge in [-0.05, 0) is 52.1 Å². The van der Waals surface area contributed by atoms with Crippen molar-refractivity contribution in [3.05, 3.63) is 35.9 Å². The molecule has 0 aromatic heterocycles. The largest absolute Gasteiger partial charge is 0.467 e. The summed E-state index contributed by atoms with van der Waals surface area (Å²) in [6, 6.07) is 7.85. The number of unbranched alkanes of at least 4 members (excludes halogenated alkanes) is 1. The average molecular weight is 394 g/mol. The molecular formula is C20H30N2O6. The number of imide groups is 1. The van der Waals surface area contributed by atoms with Crippen LogP contribution in [0.3, 0.4) is 0 Å². The summed E-state index contributed by atoms with van der Waals surface area (Å²) in [6.07, 6.45) is -0.574. The summed E-state index contributed by atoms with van der Waals surface area (Å²) in [4.78, 5) is 38.4. The summed E-state index contributed by atoms with van der Waals surface area (Å²) in [5.74, 6) is -0.723. The predicted molar refractivity (Wildman–Crippen MR) is 103 cm³/mol. The third kappa shape index (κ3) is 7.96. The van der Waals surface area contributed by atoms with Gasteiger partial charge in [-0.2, -0.15) is 4.90 Å². The van der Waals surface area contributed by atoms with Gasteiger partial charge in [0.15, 0.2) is 0 Å². The van der Waals surface area contributed by atoms with Crippen LogP contribution in [0.2, 0.25) is 0 Å². The molecule has 0 fully saturated rings. The molecule has 0 unspecified atom stereocenters. The smallest absolute Gasteiger partial charge is 0.420 e. The van der Waals surface area contributed by atoms with Crippen molar-refractivity contribution in [2.24, 2.45) is 5.73 Å². The van der Waals surface area contributed by atoms with Crippen LogP contribution in [0.15, 0.2) is 30.3 Å². The Morgan fingerprint density at radius 2 is 1.71 bits per heavy atom. The second-order valence-electron chi connectivity index (χ2n) is 7.21. The Hall–Kier alpha value is -2.61. The monoisotopic (exact) mass is 394 g/mol. The van der Waals surface area contributed by atoms with E-state index in [4.69, 9.17) is 19.9 Å².